The topological polar surface area (TPSA) is 49.4 Å². The Kier molecular flexibility index (Phi) is 7.59. The van der Waals surface area contributed by atoms with Crippen molar-refractivity contribution in [1.82, 2.24) is 5.32 Å². The van der Waals surface area contributed by atoms with Crippen LogP contribution >= 0.6 is 23.4 Å². The molecule has 7 heteroatoms. The summed E-state index contributed by atoms with van der Waals surface area (Å²) in [5.74, 6) is -0.0169. The molecule has 2 atom stereocenters. The van der Waals surface area contributed by atoms with Crippen molar-refractivity contribution in [2.75, 3.05) is 17.2 Å². The highest BCUT2D eigenvalue weighted by molar-refractivity contribution is 8.00. The van der Waals surface area contributed by atoms with Crippen molar-refractivity contribution < 1.29 is 14.0 Å². The molecule has 3 aromatic carbocycles. The highest BCUT2D eigenvalue weighted by Gasteiger charge is 2.35. The maximum Gasteiger partial charge on any atom is 0.251 e. The molecule has 34 heavy (non-hydrogen) atoms. The van der Waals surface area contributed by atoms with E-state index in [1.165, 1.54) is 23.9 Å². The molecule has 0 saturated carbocycles. The lowest BCUT2D eigenvalue weighted by molar-refractivity contribution is -0.115. The molecule has 0 aliphatic carbocycles. The Morgan fingerprint density at radius 3 is 2.59 bits per heavy atom. The van der Waals surface area contributed by atoms with E-state index < -0.39 is 0 Å². The van der Waals surface area contributed by atoms with Crippen LogP contribution in [0.3, 0.4) is 0 Å². The van der Waals surface area contributed by atoms with E-state index in [2.05, 4.69) is 12.2 Å². The van der Waals surface area contributed by atoms with E-state index in [-0.39, 0.29) is 28.9 Å². The van der Waals surface area contributed by atoms with E-state index in [1.807, 2.05) is 37.3 Å². The molecule has 0 aromatic heterocycles. The number of thioether (sulfide) groups is 1. The molecule has 1 fully saturated rings. The highest BCUT2D eigenvalue weighted by Crippen LogP contribution is 2.42. The number of carbonyl (C=O) groups is 2. The van der Waals surface area contributed by atoms with E-state index in [4.69, 9.17) is 11.6 Å². The minimum atomic E-state index is -0.309. The molecule has 176 valence electrons. The fourth-order valence-electron chi connectivity index (χ4n) is 4.22. The summed E-state index contributed by atoms with van der Waals surface area (Å²) in [4.78, 5) is 27.3. The molecule has 2 amide bonds. The van der Waals surface area contributed by atoms with Crippen molar-refractivity contribution in [3.63, 3.8) is 0 Å². The summed E-state index contributed by atoms with van der Waals surface area (Å²) in [5, 5.41) is 3.50. The fourth-order valence-corrected chi connectivity index (χ4v) is 5.68. The van der Waals surface area contributed by atoms with Crippen LogP contribution in [0.15, 0.2) is 66.7 Å². The number of benzene rings is 3. The Morgan fingerprint density at radius 1 is 1.18 bits per heavy atom. The Balaban J connectivity index is 1.50. The van der Waals surface area contributed by atoms with Gasteiger partial charge in [0.25, 0.3) is 5.91 Å². The predicted octanol–water partition coefficient (Wildman–Crippen LogP) is 6.49. The van der Waals surface area contributed by atoms with Gasteiger partial charge in [-0.3, -0.25) is 14.5 Å². The number of halogens is 2. The summed E-state index contributed by atoms with van der Waals surface area (Å²) in [5.41, 5.74) is 4.00. The lowest BCUT2D eigenvalue weighted by Gasteiger charge is -2.26. The Labute approximate surface area is 208 Å². The van der Waals surface area contributed by atoms with Gasteiger partial charge >= 0.3 is 0 Å². The van der Waals surface area contributed by atoms with Crippen molar-refractivity contribution in [3.05, 3.63) is 99.8 Å². The molecule has 4 rings (SSSR count). The van der Waals surface area contributed by atoms with Crippen LogP contribution in [0.1, 0.15) is 51.7 Å². The van der Waals surface area contributed by atoms with Crippen LogP contribution in [-0.4, -0.2) is 24.1 Å². The van der Waals surface area contributed by atoms with E-state index in [0.29, 0.717) is 22.9 Å². The molecule has 1 heterocycles. The largest absolute Gasteiger partial charge is 0.351 e. The van der Waals surface area contributed by atoms with Crippen LogP contribution in [-0.2, 0) is 4.79 Å². The number of nitrogens with zero attached hydrogens (tertiary/aromatic N) is 1. The molecule has 0 bridgehead atoms. The molecule has 0 radical (unpaired) electrons. The number of amides is 2. The summed E-state index contributed by atoms with van der Waals surface area (Å²) in [6.07, 6.45) is 0.849. The van der Waals surface area contributed by atoms with Gasteiger partial charge in [-0.25, -0.2) is 4.39 Å². The zero-order valence-corrected chi connectivity index (χ0v) is 20.6. The van der Waals surface area contributed by atoms with Crippen LogP contribution < -0.4 is 10.2 Å². The Hall–Kier alpha value is -2.83. The first-order valence-electron chi connectivity index (χ1n) is 11.2. The molecule has 3 aromatic rings. The number of hydrogen-bond acceptors (Lipinski definition) is 3. The zero-order chi connectivity index (χ0) is 24.2. The van der Waals surface area contributed by atoms with E-state index in [1.54, 1.807) is 29.2 Å². The summed E-state index contributed by atoms with van der Waals surface area (Å²) in [7, 11) is 0. The summed E-state index contributed by atoms with van der Waals surface area (Å²) >= 11 is 7.85. The SMILES string of the molecule is CCC(CNC(=O)c1ccc(N2C(=O)CSC2c2ccc(F)cc2)c(C)c1)c1ccccc1Cl. The first-order valence-corrected chi connectivity index (χ1v) is 12.6. The zero-order valence-electron chi connectivity index (χ0n) is 19.1. The maximum absolute atomic E-state index is 13.4. The maximum atomic E-state index is 13.4. The average Bonchev–Trinajstić information content (AvgIpc) is 3.21. The molecule has 0 spiro atoms. The van der Waals surface area contributed by atoms with Gasteiger partial charge < -0.3 is 5.32 Å². The van der Waals surface area contributed by atoms with Gasteiger partial charge in [-0.1, -0.05) is 48.9 Å². The number of hydrogen-bond donors (Lipinski definition) is 1. The van der Waals surface area contributed by atoms with Gasteiger partial charge in [0, 0.05) is 28.7 Å². The summed E-state index contributed by atoms with van der Waals surface area (Å²) < 4.78 is 13.4. The van der Waals surface area contributed by atoms with Gasteiger partial charge in [0.2, 0.25) is 5.91 Å². The fraction of sp³-hybridized carbons (Fsp3) is 0.259. The van der Waals surface area contributed by atoms with Gasteiger partial charge in [-0.2, -0.15) is 0 Å². The van der Waals surface area contributed by atoms with E-state index >= 15 is 0 Å². The molecule has 1 N–H and O–H groups in total. The lowest BCUT2D eigenvalue weighted by Crippen LogP contribution is -2.30. The van der Waals surface area contributed by atoms with Gasteiger partial charge in [0.05, 0.1) is 5.75 Å². The molecule has 4 nitrogen and oxygen atoms in total. The number of rotatable bonds is 7. The van der Waals surface area contributed by atoms with Gasteiger partial charge in [-0.05, 0) is 66.4 Å². The van der Waals surface area contributed by atoms with Crippen molar-refractivity contribution in [1.29, 1.82) is 0 Å². The van der Waals surface area contributed by atoms with Crippen LogP contribution in [0.25, 0.3) is 0 Å². The van der Waals surface area contributed by atoms with Gasteiger partial charge in [0.15, 0.2) is 0 Å². The van der Waals surface area contributed by atoms with E-state index in [0.717, 1.165) is 28.8 Å². The monoisotopic (exact) mass is 496 g/mol. The quantitative estimate of drug-likeness (QED) is 0.406. The summed E-state index contributed by atoms with van der Waals surface area (Å²) in [6, 6.07) is 19.3. The van der Waals surface area contributed by atoms with Crippen LogP contribution in [0.5, 0.6) is 0 Å². The van der Waals surface area contributed by atoms with Crippen molar-refractivity contribution in [2.45, 2.75) is 31.6 Å². The Bertz CT molecular complexity index is 1200. The smallest absolute Gasteiger partial charge is 0.251 e. The second kappa shape index (κ2) is 10.6. The van der Waals surface area contributed by atoms with Crippen molar-refractivity contribution in [3.8, 4) is 0 Å². The second-order valence-electron chi connectivity index (χ2n) is 8.32. The normalized spacial score (nSPS) is 16.5. The molecule has 1 saturated heterocycles. The summed E-state index contributed by atoms with van der Waals surface area (Å²) in [6.45, 7) is 4.44. The van der Waals surface area contributed by atoms with Crippen LogP contribution in [0.4, 0.5) is 10.1 Å². The van der Waals surface area contributed by atoms with E-state index in [9.17, 15) is 14.0 Å². The molecule has 1 aliphatic rings. The van der Waals surface area contributed by atoms with Gasteiger partial charge in [0.1, 0.15) is 11.2 Å². The molecule has 2 unspecified atom stereocenters. The minimum absolute atomic E-state index is 0.00912. The third kappa shape index (κ3) is 5.13. The molecular formula is C27H26ClFN2O2S. The van der Waals surface area contributed by atoms with Crippen LogP contribution in [0, 0.1) is 12.7 Å². The number of aryl methyl sites for hydroxylation is 1. The van der Waals surface area contributed by atoms with Crippen molar-refractivity contribution in [2.24, 2.45) is 0 Å². The van der Waals surface area contributed by atoms with Crippen LogP contribution in [0.2, 0.25) is 5.02 Å². The highest BCUT2D eigenvalue weighted by atomic mass is 35.5. The predicted molar refractivity (Wildman–Crippen MR) is 137 cm³/mol. The first kappa shape index (κ1) is 24.3. The third-order valence-corrected chi connectivity index (χ3v) is 7.64. The minimum Gasteiger partial charge on any atom is -0.351 e. The third-order valence-electron chi connectivity index (χ3n) is 6.09. The Morgan fingerprint density at radius 2 is 1.91 bits per heavy atom. The number of anilines is 1. The van der Waals surface area contributed by atoms with Crippen molar-refractivity contribution >= 4 is 40.9 Å². The first-order chi connectivity index (χ1) is 16.4. The van der Waals surface area contributed by atoms with Gasteiger partial charge in [-0.15, -0.1) is 11.8 Å². The average molecular weight is 497 g/mol. The second-order valence-corrected chi connectivity index (χ2v) is 9.79. The standard InChI is InChI=1S/C27H26ClFN2O2S/c1-3-18(22-6-4-5-7-23(22)28)15-30-26(33)20-10-13-24(17(2)14-20)31-25(32)16-34-27(31)19-8-11-21(29)12-9-19/h4-14,18,27H,3,15-16H2,1-2H3,(H,30,33). The molecular weight excluding hydrogens is 471 g/mol. The number of carbonyl (C=O) groups excluding carboxylic acids is 2. The lowest BCUT2D eigenvalue weighted by atomic mass is 9.96. The number of nitrogens with one attached hydrogen (secondary N) is 1. The molecule has 1 aliphatic heterocycles.